The first-order chi connectivity index (χ1) is 9.30. The molecular weight excluding hydrogens is 258 g/mol. The first-order valence-corrected chi connectivity index (χ1v) is 7.01. The summed E-state index contributed by atoms with van der Waals surface area (Å²) < 4.78 is 4.74. The van der Waals surface area contributed by atoms with E-state index in [1.54, 1.807) is 0 Å². The van der Waals surface area contributed by atoms with Crippen LogP contribution in [0.5, 0.6) is 0 Å². The van der Waals surface area contributed by atoms with Gasteiger partial charge in [0.1, 0.15) is 6.04 Å². The fraction of sp³-hybridized carbons (Fsp3) is 0.857. The minimum atomic E-state index is -0.609. The van der Waals surface area contributed by atoms with Crippen molar-refractivity contribution < 1.29 is 14.3 Å². The number of methoxy groups -OCH3 is 1. The molecule has 0 aromatic rings. The summed E-state index contributed by atoms with van der Waals surface area (Å²) in [4.78, 5) is 27.2. The van der Waals surface area contributed by atoms with Gasteiger partial charge in [0.05, 0.1) is 7.11 Å². The van der Waals surface area contributed by atoms with E-state index in [1.807, 2.05) is 7.05 Å². The van der Waals surface area contributed by atoms with Crippen LogP contribution in [0.25, 0.3) is 0 Å². The maximum absolute atomic E-state index is 11.7. The Balaban J connectivity index is 2.59. The van der Waals surface area contributed by atoms with Crippen molar-refractivity contribution in [2.24, 2.45) is 0 Å². The second-order valence-corrected chi connectivity index (χ2v) is 5.95. The fourth-order valence-corrected chi connectivity index (χ4v) is 2.78. The van der Waals surface area contributed by atoms with Gasteiger partial charge in [0.25, 0.3) is 0 Å². The number of carbonyl (C=O) groups is 2. The molecule has 1 unspecified atom stereocenters. The first-order valence-electron chi connectivity index (χ1n) is 7.01. The average Bonchev–Trinajstić information content (AvgIpc) is 2.30. The second-order valence-electron chi connectivity index (χ2n) is 5.95. The molecule has 1 atom stereocenters. The summed E-state index contributed by atoms with van der Waals surface area (Å²) in [5.74, 6) is -0.626. The summed E-state index contributed by atoms with van der Waals surface area (Å²) in [6.45, 7) is 2.75. The lowest BCUT2D eigenvalue weighted by atomic mass is 9.75. The van der Waals surface area contributed by atoms with Gasteiger partial charge < -0.3 is 19.9 Å². The Morgan fingerprint density at radius 1 is 1.30 bits per heavy atom. The predicted molar refractivity (Wildman–Crippen MR) is 77.4 cm³/mol. The van der Waals surface area contributed by atoms with Crippen LogP contribution < -0.4 is 5.32 Å². The Hall–Kier alpha value is -1.14. The van der Waals surface area contributed by atoms with Crippen LogP contribution in [0.3, 0.4) is 0 Å². The highest BCUT2D eigenvalue weighted by atomic mass is 16.5. The molecular formula is C14H27N3O3. The SMILES string of the molecule is COC(=O)C(CN(C)CC1(N(C)C)CCC1)NC(C)=O. The molecule has 6 heteroatoms. The molecule has 0 spiro atoms. The van der Waals surface area contributed by atoms with Gasteiger partial charge in [-0.25, -0.2) is 4.79 Å². The molecule has 1 fully saturated rings. The Bertz CT molecular complexity index is 354. The number of rotatable bonds is 7. The molecule has 1 aliphatic carbocycles. The maximum atomic E-state index is 11.7. The minimum Gasteiger partial charge on any atom is -0.467 e. The van der Waals surface area contributed by atoms with E-state index in [0.717, 1.165) is 6.54 Å². The normalized spacial score (nSPS) is 18.6. The number of nitrogens with zero attached hydrogens (tertiary/aromatic N) is 2. The van der Waals surface area contributed by atoms with Gasteiger partial charge >= 0.3 is 5.97 Å². The Morgan fingerprint density at radius 2 is 1.90 bits per heavy atom. The highest BCUT2D eigenvalue weighted by molar-refractivity contribution is 5.83. The van der Waals surface area contributed by atoms with E-state index in [4.69, 9.17) is 4.74 Å². The lowest BCUT2D eigenvalue weighted by molar-refractivity contribution is -0.145. The van der Waals surface area contributed by atoms with Crippen molar-refractivity contribution in [2.75, 3.05) is 41.3 Å². The number of amides is 1. The van der Waals surface area contributed by atoms with Gasteiger partial charge in [0.2, 0.25) is 5.91 Å². The number of esters is 1. The van der Waals surface area contributed by atoms with Crippen molar-refractivity contribution in [1.29, 1.82) is 0 Å². The van der Waals surface area contributed by atoms with Crippen molar-refractivity contribution in [2.45, 2.75) is 37.8 Å². The van der Waals surface area contributed by atoms with Crippen molar-refractivity contribution in [3.8, 4) is 0 Å². The van der Waals surface area contributed by atoms with Gasteiger partial charge in [0.15, 0.2) is 0 Å². The molecule has 0 radical (unpaired) electrons. The zero-order valence-electron chi connectivity index (χ0n) is 13.2. The largest absolute Gasteiger partial charge is 0.467 e. The molecule has 20 heavy (non-hydrogen) atoms. The second kappa shape index (κ2) is 7.04. The highest BCUT2D eigenvalue weighted by Gasteiger charge is 2.40. The Kier molecular flexibility index (Phi) is 5.95. The first kappa shape index (κ1) is 16.9. The summed E-state index contributed by atoms with van der Waals surface area (Å²) >= 11 is 0. The molecule has 1 saturated carbocycles. The molecule has 0 aromatic carbocycles. The zero-order chi connectivity index (χ0) is 15.3. The molecule has 0 heterocycles. The number of carbonyl (C=O) groups excluding carboxylic acids is 2. The number of ether oxygens (including phenoxy) is 1. The van der Waals surface area contributed by atoms with Crippen molar-refractivity contribution in [3.05, 3.63) is 0 Å². The summed E-state index contributed by atoms with van der Waals surface area (Å²) in [5.41, 5.74) is 0.200. The van der Waals surface area contributed by atoms with Gasteiger partial charge in [-0.2, -0.15) is 0 Å². The maximum Gasteiger partial charge on any atom is 0.329 e. The van der Waals surface area contributed by atoms with E-state index in [-0.39, 0.29) is 11.4 Å². The minimum absolute atomic E-state index is 0.200. The predicted octanol–water partition coefficient (Wildman–Crippen LogP) is 0.0802. The van der Waals surface area contributed by atoms with Gasteiger partial charge in [-0.05, 0) is 40.4 Å². The van der Waals surface area contributed by atoms with Crippen LogP contribution in [0.15, 0.2) is 0 Å². The van der Waals surface area contributed by atoms with Crippen molar-refractivity contribution in [3.63, 3.8) is 0 Å². The molecule has 0 aliphatic heterocycles. The summed E-state index contributed by atoms with van der Waals surface area (Å²) in [7, 11) is 7.50. The van der Waals surface area contributed by atoms with Gasteiger partial charge in [-0.1, -0.05) is 0 Å². The Labute approximate surface area is 121 Å². The smallest absolute Gasteiger partial charge is 0.329 e. The van der Waals surface area contributed by atoms with Gasteiger partial charge in [-0.3, -0.25) is 4.79 Å². The van der Waals surface area contributed by atoms with Crippen LogP contribution in [-0.2, 0) is 14.3 Å². The number of nitrogens with one attached hydrogen (secondary N) is 1. The van der Waals surface area contributed by atoms with E-state index in [2.05, 4.69) is 29.2 Å². The van der Waals surface area contributed by atoms with Gasteiger partial charge in [0, 0.05) is 25.6 Å². The van der Waals surface area contributed by atoms with E-state index in [9.17, 15) is 9.59 Å². The number of likely N-dealkylation sites (N-methyl/N-ethyl adjacent to an activating group) is 2. The van der Waals surface area contributed by atoms with Crippen LogP contribution in [0.1, 0.15) is 26.2 Å². The molecule has 0 aromatic heterocycles. The van der Waals surface area contributed by atoms with E-state index < -0.39 is 12.0 Å². The third-order valence-electron chi connectivity index (χ3n) is 4.15. The molecule has 6 nitrogen and oxygen atoms in total. The fourth-order valence-electron chi connectivity index (χ4n) is 2.78. The van der Waals surface area contributed by atoms with Gasteiger partial charge in [-0.15, -0.1) is 0 Å². The Morgan fingerprint density at radius 3 is 2.25 bits per heavy atom. The monoisotopic (exact) mass is 285 g/mol. The van der Waals surface area contributed by atoms with Crippen molar-refractivity contribution >= 4 is 11.9 Å². The molecule has 0 saturated heterocycles. The van der Waals surface area contributed by atoms with Crippen LogP contribution >= 0.6 is 0 Å². The van der Waals surface area contributed by atoms with Crippen molar-refractivity contribution in [1.82, 2.24) is 15.1 Å². The highest BCUT2D eigenvalue weighted by Crippen LogP contribution is 2.36. The van der Waals surface area contributed by atoms with Crippen LogP contribution in [0.4, 0.5) is 0 Å². The quantitative estimate of drug-likeness (QED) is 0.671. The van der Waals surface area contributed by atoms with Crippen LogP contribution in [-0.4, -0.2) is 74.6 Å². The van der Waals surface area contributed by atoms with E-state index >= 15 is 0 Å². The lowest BCUT2D eigenvalue weighted by Gasteiger charge is -2.49. The topological polar surface area (TPSA) is 61.9 Å². The number of hydrogen-bond donors (Lipinski definition) is 1. The molecule has 0 bridgehead atoms. The van der Waals surface area contributed by atoms with E-state index in [0.29, 0.717) is 6.54 Å². The average molecular weight is 285 g/mol. The number of hydrogen-bond acceptors (Lipinski definition) is 5. The summed E-state index contributed by atoms with van der Waals surface area (Å²) in [6, 6.07) is -0.609. The standard InChI is InChI=1S/C14H27N3O3/c1-11(18)15-12(13(19)20-5)9-17(4)10-14(16(2)3)7-6-8-14/h12H,6-10H2,1-5H3,(H,15,18). The molecule has 116 valence electrons. The third-order valence-corrected chi connectivity index (χ3v) is 4.15. The van der Waals surface area contributed by atoms with Crippen LogP contribution in [0, 0.1) is 0 Å². The third kappa shape index (κ3) is 4.18. The molecule has 1 amide bonds. The molecule has 1 rings (SSSR count). The van der Waals surface area contributed by atoms with Crippen LogP contribution in [0.2, 0.25) is 0 Å². The summed E-state index contributed by atoms with van der Waals surface area (Å²) in [5, 5.41) is 2.64. The lowest BCUT2D eigenvalue weighted by Crippen LogP contribution is -2.58. The molecule has 1 aliphatic rings. The molecule has 1 N–H and O–H groups in total. The van der Waals surface area contributed by atoms with E-state index in [1.165, 1.54) is 33.3 Å². The zero-order valence-corrected chi connectivity index (χ0v) is 13.2. The summed E-state index contributed by atoms with van der Waals surface area (Å²) in [6.07, 6.45) is 3.60.